The van der Waals surface area contributed by atoms with Gasteiger partial charge in [-0.15, -0.1) is 0 Å². The summed E-state index contributed by atoms with van der Waals surface area (Å²) in [4.78, 5) is 33.3. The molecule has 0 fully saturated rings. The minimum Gasteiger partial charge on any atom is -0.490 e. The minimum atomic E-state index is -4.80. The number of carbonyl (C=O) groups excluding carboxylic acids is 1. The van der Waals surface area contributed by atoms with Crippen molar-refractivity contribution in [1.29, 1.82) is 0 Å². The van der Waals surface area contributed by atoms with Gasteiger partial charge in [0.2, 0.25) is 0 Å². The van der Waals surface area contributed by atoms with Crippen LogP contribution in [0.25, 0.3) is 22.5 Å². The zero-order valence-electron chi connectivity index (χ0n) is 27.8. The summed E-state index contributed by atoms with van der Waals surface area (Å²) < 4.78 is 66.2. The van der Waals surface area contributed by atoms with E-state index in [4.69, 9.17) is 9.47 Å². The van der Waals surface area contributed by atoms with Gasteiger partial charge in [0.05, 0.1) is 30.1 Å². The molecule has 0 bridgehead atoms. The number of hydrogen-bond acceptors (Lipinski definition) is 6. The van der Waals surface area contributed by atoms with E-state index in [0.29, 0.717) is 24.3 Å². The Bertz CT molecular complexity index is 1450. The third-order valence-electron chi connectivity index (χ3n) is 8.09. The molecule has 0 saturated carbocycles. The number of carbonyl (C=O) groups is 2. The number of carboxylic acids is 1. The molecule has 1 aromatic heterocycles. The SMILES string of the molecule is CCCCCCCCCCCOc1cnc(-c2ccc(C(=O)O)c(-c3ccc(C(=O)OC(CCCCCC)C(F)(F)F)c(F)c3)c2)nc1. The van der Waals surface area contributed by atoms with Crippen molar-refractivity contribution in [3.8, 4) is 28.3 Å². The van der Waals surface area contributed by atoms with Gasteiger partial charge in [-0.3, -0.25) is 0 Å². The summed E-state index contributed by atoms with van der Waals surface area (Å²) in [6.45, 7) is 4.67. The van der Waals surface area contributed by atoms with Crippen LogP contribution in [0.5, 0.6) is 5.75 Å². The van der Waals surface area contributed by atoms with Crippen LogP contribution in [0, 0.1) is 5.82 Å². The van der Waals surface area contributed by atoms with Gasteiger partial charge < -0.3 is 14.6 Å². The number of ether oxygens (including phenoxy) is 2. The molecule has 11 heteroatoms. The molecule has 0 spiro atoms. The van der Waals surface area contributed by atoms with Gasteiger partial charge in [0.15, 0.2) is 17.7 Å². The summed E-state index contributed by atoms with van der Waals surface area (Å²) >= 11 is 0. The Labute approximate surface area is 280 Å². The van der Waals surface area contributed by atoms with Crippen LogP contribution in [-0.2, 0) is 4.74 Å². The second kappa shape index (κ2) is 19.7. The van der Waals surface area contributed by atoms with Crippen LogP contribution in [0.2, 0.25) is 0 Å². The Morgan fingerprint density at radius 1 is 0.771 bits per heavy atom. The largest absolute Gasteiger partial charge is 0.490 e. The highest BCUT2D eigenvalue weighted by Crippen LogP contribution is 2.32. The molecule has 1 heterocycles. The van der Waals surface area contributed by atoms with Gasteiger partial charge >= 0.3 is 18.1 Å². The standard InChI is InChI=1S/C37H46F4N2O5/c1-3-5-7-9-10-11-12-13-15-21-47-28-24-42-34(43-25-28)27-18-19-29(35(44)45)31(22-27)26-17-20-30(32(38)23-26)36(46)48-33(37(39,40)41)16-14-8-6-4-2/h17-20,22-25,33H,3-16,21H2,1-2H3,(H,44,45). The van der Waals surface area contributed by atoms with Gasteiger partial charge in [0, 0.05) is 5.56 Å². The first-order valence-electron chi connectivity index (χ1n) is 16.9. The second-order valence-electron chi connectivity index (χ2n) is 12.0. The van der Waals surface area contributed by atoms with Crippen LogP contribution in [0.1, 0.15) is 124 Å². The number of esters is 1. The molecule has 0 radical (unpaired) electrons. The van der Waals surface area contributed by atoms with Crippen LogP contribution in [0.15, 0.2) is 48.8 Å². The molecule has 1 N–H and O–H groups in total. The molecule has 1 atom stereocenters. The minimum absolute atomic E-state index is 0.0937. The van der Waals surface area contributed by atoms with Crippen molar-refractivity contribution in [2.45, 2.75) is 116 Å². The summed E-state index contributed by atoms with van der Waals surface area (Å²) in [5.41, 5.74) is -0.191. The van der Waals surface area contributed by atoms with Crippen molar-refractivity contribution in [3.05, 3.63) is 65.7 Å². The number of rotatable bonds is 21. The van der Waals surface area contributed by atoms with Crippen molar-refractivity contribution in [1.82, 2.24) is 9.97 Å². The number of aromatic carboxylic acids is 1. The lowest BCUT2D eigenvalue weighted by molar-refractivity contribution is -0.206. The summed E-state index contributed by atoms with van der Waals surface area (Å²) in [6.07, 6.45) is 8.65. The normalized spacial score (nSPS) is 12.1. The number of benzene rings is 2. The monoisotopic (exact) mass is 674 g/mol. The summed E-state index contributed by atoms with van der Waals surface area (Å²) in [5, 5.41) is 9.79. The zero-order chi connectivity index (χ0) is 34.9. The number of halogens is 4. The summed E-state index contributed by atoms with van der Waals surface area (Å²) in [5.74, 6) is -3.09. The van der Waals surface area contributed by atoms with Gasteiger partial charge in [-0.25, -0.2) is 23.9 Å². The van der Waals surface area contributed by atoms with Crippen molar-refractivity contribution in [2.75, 3.05) is 6.61 Å². The molecule has 0 aliphatic rings. The molecule has 262 valence electrons. The zero-order valence-corrected chi connectivity index (χ0v) is 27.8. The number of nitrogens with zero attached hydrogens (tertiary/aromatic N) is 2. The van der Waals surface area contributed by atoms with Crippen LogP contribution in [0.4, 0.5) is 17.6 Å². The molecule has 1 unspecified atom stereocenters. The fourth-order valence-electron chi connectivity index (χ4n) is 5.34. The third-order valence-corrected chi connectivity index (χ3v) is 8.09. The van der Waals surface area contributed by atoms with E-state index in [1.807, 2.05) is 6.92 Å². The second-order valence-corrected chi connectivity index (χ2v) is 12.0. The highest BCUT2D eigenvalue weighted by atomic mass is 19.4. The van der Waals surface area contributed by atoms with Gasteiger partial charge in [0.25, 0.3) is 0 Å². The predicted octanol–water partition coefficient (Wildman–Crippen LogP) is 10.6. The third kappa shape index (κ3) is 12.2. The number of aromatic nitrogens is 2. The molecular weight excluding hydrogens is 628 g/mol. The van der Waals surface area contributed by atoms with Gasteiger partial charge in [-0.1, -0.05) is 96.6 Å². The highest BCUT2D eigenvalue weighted by molar-refractivity contribution is 5.98. The number of alkyl halides is 3. The topological polar surface area (TPSA) is 98.6 Å². The molecule has 48 heavy (non-hydrogen) atoms. The van der Waals surface area contributed by atoms with E-state index in [1.165, 1.54) is 81.6 Å². The molecule has 0 amide bonds. The lowest BCUT2D eigenvalue weighted by atomic mass is 9.96. The first-order valence-corrected chi connectivity index (χ1v) is 16.9. The van der Waals surface area contributed by atoms with E-state index in [2.05, 4.69) is 16.9 Å². The Morgan fingerprint density at radius 2 is 1.33 bits per heavy atom. The molecule has 7 nitrogen and oxygen atoms in total. The molecule has 2 aromatic carbocycles. The lowest BCUT2D eigenvalue weighted by Gasteiger charge is -2.21. The van der Waals surface area contributed by atoms with Gasteiger partial charge in [-0.2, -0.15) is 13.2 Å². The maximum absolute atomic E-state index is 15.2. The quantitative estimate of drug-likeness (QED) is 0.0682. The number of hydrogen-bond donors (Lipinski definition) is 1. The average molecular weight is 675 g/mol. The van der Waals surface area contributed by atoms with Crippen LogP contribution >= 0.6 is 0 Å². The smallest absolute Gasteiger partial charge is 0.425 e. The molecule has 0 aliphatic carbocycles. The molecular formula is C37H46F4N2O5. The lowest BCUT2D eigenvalue weighted by Crippen LogP contribution is -2.34. The van der Waals surface area contributed by atoms with Crippen molar-refractivity contribution in [3.63, 3.8) is 0 Å². The number of carboxylic acid groups (broad SMARTS) is 1. The average Bonchev–Trinajstić information content (AvgIpc) is 3.06. The number of unbranched alkanes of at least 4 members (excludes halogenated alkanes) is 11. The summed E-state index contributed by atoms with van der Waals surface area (Å²) in [7, 11) is 0. The summed E-state index contributed by atoms with van der Waals surface area (Å²) in [6, 6.07) is 7.48. The molecule has 3 rings (SSSR count). The Hall–Kier alpha value is -4.02. The Balaban J connectivity index is 1.67. The van der Waals surface area contributed by atoms with E-state index in [9.17, 15) is 27.9 Å². The maximum atomic E-state index is 15.2. The van der Waals surface area contributed by atoms with E-state index in [1.54, 1.807) is 0 Å². The van der Waals surface area contributed by atoms with Crippen LogP contribution in [0.3, 0.4) is 0 Å². The fourth-order valence-corrected chi connectivity index (χ4v) is 5.34. The molecule has 0 saturated heterocycles. The maximum Gasteiger partial charge on any atom is 0.425 e. The van der Waals surface area contributed by atoms with Crippen LogP contribution in [-0.4, -0.2) is 45.9 Å². The fraction of sp³-hybridized carbons (Fsp3) is 0.514. The van der Waals surface area contributed by atoms with Gasteiger partial charge in [0.1, 0.15) is 5.82 Å². The first-order chi connectivity index (χ1) is 23.0. The first kappa shape index (κ1) is 38.4. The Kier molecular flexibility index (Phi) is 15.8. The highest BCUT2D eigenvalue weighted by Gasteiger charge is 2.42. The van der Waals surface area contributed by atoms with E-state index < -0.39 is 42.0 Å². The van der Waals surface area contributed by atoms with Crippen LogP contribution < -0.4 is 4.74 Å². The van der Waals surface area contributed by atoms with Crippen molar-refractivity contribution >= 4 is 11.9 Å². The molecule has 3 aromatic rings. The van der Waals surface area contributed by atoms with E-state index in [0.717, 1.165) is 37.8 Å². The van der Waals surface area contributed by atoms with E-state index >= 15 is 4.39 Å². The predicted molar refractivity (Wildman–Crippen MR) is 177 cm³/mol. The Morgan fingerprint density at radius 3 is 1.92 bits per heavy atom. The molecule has 0 aliphatic heterocycles. The van der Waals surface area contributed by atoms with E-state index in [-0.39, 0.29) is 28.9 Å². The van der Waals surface area contributed by atoms with Gasteiger partial charge in [-0.05, 0) is 54.7 Å². The van der Waals surface area contributed by atoms with Crippen molar-refractivity contribution in [2.24, 2.45) is 0 Å². The van der Waals surface area contributed by atoms with Crippen molar-refractivity contribution < 1.29 is 41.7 Å².